The minimum absolute atomic E-state index is 0. The van der Waals surface area contributed by atoms with Crippen LogP contribution < -0.4 is 5.32 Å². The molecule has 1 aromatic rings. The molecule has 0 radical (unpaired) electrons. The van der Waals surface area contributed by atoms with E-state index in [1.54, 1.807) is 12.1 Å². The number of rotatable bonds is 6. The summed E-state index contributed by atoms with van der Waals surface area (Å²) >= 11 is 0. The van der Waals surface area contributed by atoms with Crippen molar-refractivity contribution in [1.29, 1.82) is 0 Å². The number of sulfonamides is 1. The monoisotopic (exact) mass is 404 g/mol. The van der Waals surface area contributed by atoms with Crippen LogP contribution in [-0.2, 0) is 20.2 Å². The molecule has 148 valence electrons. The summed E-state index contributed by atoms with van der Waals surface area (Å²) in [5.74, 6) is -0.768. The average Bonchev–Trinajstić information content (AvgIpc) is 2.54. The molecular weight excluding hydrogens is 376 g/mol. The number of nitrogens with zero attached hydrogens (tertiary/aromatic N) is 1. The van der Waals surface area contributed by atoms with Gasteiger partial charge in [0.05, 0.1) is 11.4 Å². The van der Waals surface area contributed by atoms with E-state index in [9.17, 15) is 13.2 Å². The summed E-state index contributed by atoms with van der Waals surface area (Å²) in [6, 6.07) is 7.12. The molecule has 0 amide bonds. The molecule has 1 saturated heterocycles. The number of carboxylic acids is 1. The zero-order valence-corrected chi connectivity index (χ0v) is 17.2. The lowest BCUT2D eigenvalue weighted by atomic mass is 9.87. The number of piperidine rings is 1. The molecule has 1 heterocycles. The van der Waals surface area contributed by atoms with Crippen molar-refractivity contribution >= 4 is 28.4 Å². The lowest BCUT2D eigenvalue weighted by molar-refractivity contribution is -0.136. The average molecular weight is 405 g/mol. The second-order valence-corrected chi connectivity index (χ2v) is 9.61. The zero-order valence-electron chi connectivity index (χ0n) is 15.6. The van der Waals surface area contributed by atoms with E-state index in [4.69, 9.17) is 5.11 Å². The van der Waals surface area contributed by atoms with Gasteiger partial charge in [-0.2, -0.15) is 4.31 Å². The molecule has 2 N–H and O–H groups in total. The topological polar surface area (TPSA) is 86.7 Å². The molecule has 0 saturated carbocycles. The summed E-state index contributed by atoms with van der Waals surface area (Å²) in [4.78, 5) is 10.9. The van der Waals surface area contributed by atoms with E-state index in [0.717, 1.165) is 18.4 Å². The Morgan fingerprint density at radius 3 is 2.42 bits per heavy atom. The van der Waals surface area contributed by atoms with Crippen LogP contribution in [0.25, 0.3) is 0 Å². The van der Waals surface area contributed by atoms with E-state index in [1.807, 2.05) is 12.1 Å². The number of nitrogens with one attached hydrogen (secondary N) is 1. The Hall–Kier alpha value is -1.15. The Labute approximate surface area is 162 Å². The second kappa shape index (κ2) is 9.17. The van der Waals surface area contributed by atoms with Gasteiger partial charge in [-0.05, 0) is 48.4 Å². The minimum Gasteiger partial charge on any atom is -0.480 e. The van der Waals surface area contributed by atoms with Gasteiger partial charge in [-0.3, -0.25) is 4.79 Å². The highest BCUT2D eigenvalue weighted by atomic mass is 35.5. The number of hydrogen-bond donors (Lipinski definition) is 2. The minimum atomic E-state index is -3.51. The molecule has 8 heteroatoms. The lowest BCUT2D eigenvalue weighted by Gasteiger charge is -2.32. The van der Waals surface area contributed by atoms with Gasteiger partial charge < -0.3 is 10.4 Å². The van der Waals surface area contributed by atoms with Gasteiger partial charge in [0.25, 0.3) is 0 Å². The zero-order chi connectivity index (χ0) is 18.7. The van der Waals surface area contributed by atoms with Gasteiger partial charge in [0.2, 0.25) is 10.0 Å². The summed E-state index contributed by atoms with van der Waals surface area (Å²) in [5.41, 5.74) is 1.08. The number of aliphatic carboxylic acids is 1. The summed E-state index contributed by atoms with van der Waals surface area (Å²) in [6.07, 6.45) is 1.69. The molecule has 1 aromatic carbocycles. The highest BCUT2D eigenvalue weighted by Crippen LogP contribution is 2.27. The van der Waals surface area contributed by atoms with E-state index in [0.29, 0.717) is 24.5 Å². The van der Waals surface area contributed by atoms with E-state index in [2.05, 4.69) is 26.1 Å². The van der Waals surface area contributed by atoms with Gasteiger partial charge in [-0.15, -0.1) is 12.4 Å². The Morgan fingerprint density at radius 2 is 1.88 bits per heavy atom. The highest BCUT2D eigenvalue weighted by Gasteiger charge is 2.30. The predicted octanol–water partition coefficient (Wildman–Crippen LogP) is 2.48. The van der Waals surface area contributed by atoms with Crippen LogP contribution in [0, 0.1) is 5.92 Å². The molecule has 6 nitrogen and oxygen atoms in total. The number of carboxylic acid groups (broad SMARTS) is 1. The van der Waals surface area contributed by atoms with Crippen molar-refractivity contribution in [1.82, 2.24) is 9.62 Å². The molecule has 1 atom stereocenters. The van der Waals surface area contributed by atoms with Gasteiger partial charge >= 0.3 is 5.97 Å². The van der Waals surface area contributed by atoms with Crippen molar-refractivity contribution in [2.24, 2.45) is 5.92 Å². The second-order valence-electron chi connectivity index (χ2n) is 7.67. The quantitative estimate of drug-likeness (QED) is 0.760. The molecule has 0 aromatic heterocycles. The molecule has 1 fully saturated rings. The maximum Gasteiger partial charge on any atom is 0.317 e. The van der Waals surface area contributed by atoms with Crippen molar-refractivity contribution < 1.29 is 18.3 Å². The molecule has 1 unspecified atom stereocenters. The van der Waals surface area contributed by atoms with Gasteiger partial charge in [0, 0.05) is 13.1 Å². The summed E-state index contributed by atoms with van der Waals surface area (Å²) in [5, 5.41) is 11.6. The lowest BCUT2D eigenvalue weighted by Crippen LogP contribution is -2.43. The predicted molar refractivity (Wildman–Crippen MR) is 104 cm³/mol. The van der Waals surface area contributed by atoms with Crippen LogP contribution in [0.4, 0.5) is 0 Å². The van der Waals surface area contributed by atoms with Crippen molar-refractivity contribution in [3.8, 4) is 0 Å². The number of benzene rings is 1. The van der Waals surface area contributed by atoms with Crippen LogP contribution >= 0.6 is 12.4 Å². The standard InChI is InChI=1S/C18H28N2O4S.ClH/c1-18(2,3)15-6-8-16(9-7-15)25(23,24)20-10-4-5-14(13-20)11-19-12-17(21)22;/h6-9,14,19H,4-5,10-13H2,1-3H3,(H,21,22);1H. The number of carbonyl (C=O) groups is 1. The molecule has 1 aliphatic heterocycles. The maximum atomic E-state index is 12.9. The number of halogens is 1. The van der Waals surface area contributed by atoms with E-state index in [1.165, 1.54) is 4.31 Å². The Bertz CT molecular complexity index is 699. The third kappa shape index (κ3) is 5.94. The maximum absolute atomic E-state index is 12.9. The first-order chi connectivity index (χ1) is 11.6. The first-order valence-electron chi connectivity index (χ1n) is 8.64. The molecule has 26 heavy (non-hydrogen) atoms. The van der Waals surface area contributed by atoms with Crippen LogP contribution in [0.2, 0.25) is 0 Å². The molecule has 2 rings (SSSR count). The van der Waals surface area contributed by atoms with Gasteiger partial charge in [-0.1, -0.05) is 32.9 Å². The van der Waals surface area contributed by atoms with Crippen LogP contribution in [0.3, 0.4) is 0 Å². The summed E-state index contributed by atoms with van der Waals surface area (Å²) < 4.78 is 27.3. The Balaban J connectivity index is 0.00000338. The van der Waals surface area contributed by atoms with Crippen molar-refractivity contribution in [2.45, 2.75) is 43.9 Å². The molecule has 0 spiro atoms. The van der Waals surface area contributed by atoms with Crippen molar-refractivity contribution in [3.63, 3.8) is 0 Å². The van der Waals surface area contributed by atoms with E-state index < -0.39 is 16.0 Å². The van der Waals surface area contributed by atoms with E-state index >= 15 is 0 Å². The normalized spacial score (nSPS) is 19.0. The summed E-state index contributed by atoms with van der Waals surface area (Å²) in [7, 11) is -3.51. The third-order valence-corrected chi connectivity index (χ3v) is 6.43. The van der Waals surface area contributed by atoms with Crippen LogP contribution in [0.5, 0.6) is 0 Å². The first kappa shape index (κ1) is 22.9. The molecule has 0 aliphatic carbocycles. The van der Waals surface area contributed by atoms with E-state index in [-0.39, 0.29) is 30.3 Å². The first-order valence-corrected chi connectivity index (χ1v) is 10.1. The van der Waals surface area contributed by atoms with Gasteiger partial charge in [0.15, 0.2) is 0 Å². The van der Waals surface area contributed by atoms with Gasteiger partial charge in [-0.25, -0.2) is 8.42 Å². The fourth-order valence-electron chi connectivity index (χ4n) is 3.07. The van der Waals surface area contributed by atoms with Gasteiger partial charge in [0.1, 0.15) is 0 Å². The summed E-state index contributed by atoms with van der Waals surface area (Å²) in [6.45, 7) is 7.63. The van der Waals surface area contributed by atoms with Crippen molar-refractivity contribution in [2.75, 3.05) is 26.2 Å². The molecule has 1 aliphatic rings. The molecule has 0 bridgehead atoms. The Kier molecular flexibility index (Phi) is 8.07. The third-order valence-electron chi connectivity index (χ3n) is 4.55. The fraction of sp³-hybridized carbons (Fsp3) is 0.611. The highest BCUT2D eigenvalue weighted by molar-refractivity contribution is 7.89. The van der Waals surface area contributed by atoms with Crippen LogP contribution in [0.15, 0.2) is 29.2 Å². The SMILES string of the molecule is CC(C)(C)c1ccc(S(=O)(=O)N2CCCC(CNCC(=O)O)C2)cc1.Cl. The Morgan fingerprint density at radius 1 is 1.27 bits per heavy atom. The van der Waals surface area contributed by atoms with Crippen molar-refractivity contribution in [3.05, 3.63) is 29.8 Å². The fourth-order valence-corrected chi connectivity index (χ4v) is 4.63. The van der Waals surface area contributed by atoms with Crippen LogP contribution in [0.1, 0.15) is 39.2 Å². The van der Waals surface area contributed by atoms with Crippen LogP contribution in [-0.4, -0.2) is 50.0 Å². The number of hydrogen-bond acceptors (Lipinski definition) is 4. The smallest absolute Gasteiger partial charge is 0.317 e. The largest absolute Gasteiger partial charge is 0.480 e. The molecular formula is C18H29ClN2O4S.